The van der Waals surface area contributed by atoms with Gasteiger partial charge in [-0.1, -0.05) is 0 Å². The molecule has 1 aliphatic rings. The topological polar surface area (TPSA) is 75.6 Å². The van der Waals surface area contributed by atoms with E-state index in [1.807, 2.05) is 20.8 Å². The van der Waals surface area contributed by atoms with Crippen molar-refractivity contribution in [3.8, 4) is 0 Å². The largest absolute Gasteiger partial charge is 0.444 e. The number of carbonyl (C=O) groups excluding carboxylic acids is 1. The minimum atomic E-state index is -0.481. The fraction of sp³-hybridized carbons (Fsp3) is 0.889. The molecule has 152 valence electrons. The van der Waals surface area contributed by atoms with Gasteiger partial charge in [0, 0.05) is 53.3 Å². The van der Waals surface area contributed by atoms with Crippen LogP contribution in [0.3, 0.4) is 0 Å². The first-order chi connectivity index (χ1) is 12.3. The Morgan fingerprint density at radius 3 is 2.69 bits per heavy atom. The monoisotopic (exact) mass is 372 g/mol. The van der Waals surface area contributed by atoms with E-state index in [0.29, 0.717) is 32.2 Å². The first-order valence-electron chi connectivity index (χ1n) is 9.23. The number of nitrogens with zero attached hydrogens (tertiary/aromatic N) is 3. The molecule has 1 heterocycles. The highest BCUT2D eigenvalue weighted by atomic mass is 16.6. The van der Waals surface area contributed by atoms with Gasteiger partial charge in [0.1, 0.15) is 5.60 Å². The maximum absolute atomic E-state index is 12.0. The second kappa shape index (κ2) is 11.2. The molecule has 1 fully saturated rings. The summed E-state index contributed by atoms with van der Waals surface area (Å²) in [5, 5.41) is 3.32. The molecular weight excluding hydrogens is 336 g/mol. The number of carbonyl (C=O) groups is 1. The standard InChI is InChI=1S/C18H36N4O4/c1-18(2,3)26-17(23)21(5)10-8-20-16(19-4)22-9-7-15(13-22)14-25-12-11-24-6/h15H,7-14H2,1-6H3,(H,19,20). The molecule has 1 N–H and O–H groups in total. The van der Waals surface area contributed by atoms with E-state index in [-0.39, 0.29) is 6.09 Å². The molecule has 1 atom stereocenters. The summed E-state index contributed by atoms with van der Waals surface area (Å²) in [5.41, 5.74) is -0.481. The first-order valence-corrected chi connectivity index (χ1v) is 9.23. The molecule has 1 aliphatic heterocycles. The zero-order valence-electron chi connectivity index (χ0n) is 17.2. The number of hydrogen-bond donors (Lipinski definition) is 1. The Hall–Kier alpha value is -1.54. The average molecular weight is 373 g/mol. The van der Waals surface area contributed by atoms with E-state index in [1.165, 1.54) is 0 Å². The van der Waals surface area contributed by atoms with Crippen molar-refractivity contribution < 1.29 is 19.0 Å². The Kier molecular flexibility index (Phi) is 9.72. The highest BCUT2D eigenvalue weighted by molar-refractivity contribution is 5.80. The SMILES string of the molecule is CN=C(NCCN(C)C(=O)OC(C)(C)C)N1CCC(COCCOC)C1. The minimum absolute atomic E-state index is 0.316. The summed E-state index contributed by atoms with van der Waals surface area (Å²) in [4.78, 5) is 20.1. The fourth-order valence-electron chi connectivity index (χ4n) is 2.65. The van der Waals surface area contributed by atoms with Gasteiger partial charge in [0.2, 0.25) is 0 Å². The van der Waals surface area contributed by atoms with Crippen LogP contribution in [0, 0.1) is 5.92 Å². The van der Waals surface area contributed by atoms with Crippen molar-refractivity contribution in [3.05, 3.63) is 0 Å². The molecule has 0 spiro atoms. The molecule has 0 saturated carbocycles. The van der Waals surface area contributed by atoms with E-state index >= 15 is 0 Å². The van der Waals surface area contributed by atoms with Crippen molar-refractivity contribution >= 4 is 12.1 Å². The summed E-state index contributed by atoms with van der Waals surface area (Å²) >= 11 is 0. The molecule has 1 saturated heterocycles. The van der Waals surface area contributed by atoms with E-state index in [2.05, 4.69) is 15.2 Å². The first kappa shape index (κ1) is 22.5. The van der Waals surface area contributed by atoms with Crippen molar-refractivity contribution in [2.24, 2.45) is 10.9 Å². The van der Waals surface area contributed by atoms with Crippen molar-refractivity contribution in [2.75, 3.05) is 67.2 Å². The van der Waals surface area contributed by atoms with Crippen LogP contribution in [0.25, 0.3) is 0 Å². The lowest BCUT2D eigenvalue weighted by atomic mass is 10.1. The number of aliphatic imine (C=N–C) groups is 1. The number of nitrogens with one attached hydrogen (secondary N) is 1. The number of methoxy groups -OCH3 is 1. The van der Waals surface area contributed by atoms with Crippen LogP contribution in [0.1, 0.15) is 27.2 Å². The molecule has 0 aromatic rings. The van der Waals surface area contributed by atoms with Crippen molar-refractivity contribution in [1.82, 2.24) is 15.1 Å². The normalized spacial score (nSPS) is 18.2. The van der Waals surface area contributed by atoms with Crippen LogP contribution in [-0.2, 0) is 14.2 Å². The highest BCUT2D eigenvalue weighted by Crippen LogP contribution is 2.16. The third kappa shape index (κ3) is 8.71. The van der Waals surface area contributed by atoms with Gasteiger partial charge >= 0.3 is 6.09 Å². The zero-order valence-corrected chi connectivity index (χ0v) is 17.2. The lowest BCUT2D eigenvalue weighted by molar-refractivity contribution is 0.0302. The summed E-state index contributed by atoms with van der Waals surface area (Å²) in [6.45, 7) is 10.7. The van der Waals surface area contributed by atoms with Crippen LogP contribution in [0.15, 0.2) is 4.99 Å². The zero-order chi connectivity index (χ0) is 19.6. The summed E-state index contributed by atoms with van der Waals surface area (Å²) in [6.07, 6.45) is 0.773. The molecule has 0 aromatic carbocycles. The quantitative estimate of drug-likeness (QED) is 0.394. The second-order valence-corrected chi connectivity index (χ2v) is 7.54. The van der Waals surface area contributed by atoms with Crippen LogP contribution in [-0.4, -0.2) is 94.7 Å². The fourth-order valence-corrected chi connectivity index (χ4v) is 2.65. The Morgan fingerprint density at radius 1 is 1.35 bits per heavy atom. The van der Waals surface area contributed by atoms with Crippen LogP contribution in [0.5, 0.6) is 0 Å². The number of rotatable bonds is 8. The van der Waals surface area contributed by atoms with Crippen molar-refractivity contribution in [2.45, 2.75) is 32.8 Å². The molecule has 26 heavy (non-hydrogen) atoms. The number of guanidine groups is 1. The summed E-state index contributed by atoms with van der Waals surface area (Å²) in [5.74, 6) is 1.37. The van der Waals surface area contributed by atoms with Gasteiger partial charge in [0.05, 0.1) is 19.8 Å². The average Bonchev–Trinajstić information content (AvgIpc) is 3.02. The second-order valence-electron chi connectivity index (χ2n) is 7.54. The van der Waals surface area contributed by atoms with Crippen molar-refractivity contribution in [3.63, 3.8) is 0 Å². The molecule has 1 amide bonds. The maximum Gasteiger partial charge on any atom is 0.410 e. The Morgan fingerprint density at radius 2 is 2.08 bits per heavy atom. The predicted octanol–water partition coefficient (Wildman–Crippen LogP) is 1.41. The van der Waals surface area contributed by atoms with Crippen molar-refractivity contribution in [1.29, 1.82) is 0 Å². The van der Waals surface area contributed by atoms with Crippen LogP contribution >= 0.6 is 0 Å². The Bertz CT molecular complexity index is 451. The van der Waals surface area contributed by atoms with E-state index < -0.39 is 5.60 Å². The third-order valence-electron chi connectivity index (χ3n) is 4.02. The highest BCUT2D eigenvalue weighted by Gasteiger charge is 2.25. The third-order valence-corrected chi connectivity index (χ3v) is 4.02. The van der Waals surface area contributed by atoms with E-state index in [4.69, 9.17) is 14.2 Å². The van der Waals surface area contributed by atoms with Crippen LogP contribution in [0.2, 0.25) is 0 Å². The van der Waals surface area contributed by atoms with Gasteiger partial charge in [-0.25, -0.2) is 4.79 Å². The van der Waals surface area contributed by atoms with Gasteiger partial charge in [0.25, 0.3) is 0 Å². The van der Waals surface area contributed by atoms with E-state index in [1.54, 1.807) is 26.1 Å². The van der Waals surface area contributed by atoms with Gasteiger partial charge in [-0.3, -0.25) is 4.99 Å². The Labute approximate surface area is 157 Å². The van der Waals surface area contributed by atoms with Gasteiger partial charge in [-0.15, -0.1) is 0 Å². The predicted molar refractivity (Wildman–Crippen MR) is 103 cm³/mol. The summed E-state index contributed by atoms with van der Waals surface area (Å²) in [7, 11) is 5.20. The van der Waals surface area contributed by atoms with Gasteiger partial charge < -0.3 is 29.3 Å². The van der Waals surface area contributed by atoms with Gasteiger partial charge in [-0.05, 0) is 27.2 Å². The van der Waals surface area contributed by atoms with E-state index in [0.717, 1.165) is 32.1 Å². The summed E-state index contributed by atoms with van der Waals surface area (Å²) in [6, 6.07) is 0. The van der Waals surface area contributed by atoms with E-state index in [9.17, 15) is 4.79 Å². The lowest BCUT2D eigenvalue weighted by Gasteiger charge is -2.26. The minimum Gasteiger partial charge on any atom is -0.444 e. The molecule has 1 rings (SSSR count). The molecule has 0 bridgehead atoms. The number of ether oxygens (including phenoxy) is 3. The summed E-state index contributed by atoms with van der Waals surface area (Å²) < 4.78 is 16.0. The number of amides is 1. The number of hydrogen-bond acceptors (Lipinski definition) is 5. The van der Waals surface area contributed by atoms with Gasteiger partial charge in [0.15, 0.2) is 5.96 Å². The molecule has 1 unspecified atom stereocenters. The molecule has 8 nitrogen and oxygen atoms in total. The smallest absolute Gasteiger partial charge is 0.410 e. The molecule has 8 heteroatoms. The molecular formula is C18H36N4O4. The molecule has 0 radical (unpaired) electrons. The van der Waals surface area contributed by atoms with Crippen LogP contribution < -0.4 is 5.32 Å². The maximum atomic E-state index is 12.0. The molecule has 0 aromatic heterocycles. The number of likely N-dealkylation sites (tertiary alicyclic amines) is 1. The van der Waals surface area contributed by atoms with Crippen LogP contribution in [0.4, 0.5) is 4.79 Å². The number of likely N-dealkylation sites (N-methyl/N-ethyl adjacent to an activating group) is 1. The van der Waals surface area contributed by atoms with Gasteiger partial charge in [-0.2, -0.15) is 0 Å². The molecule has 0 aliphatic carbocycles. The lowest BCUT2D eigenvalue weighted by Crippen LogP contribution is -2.44. The Balaban J connectivity index is 2.30.